The Balaban J connectivity index is 0. The van der Waals surface area contributed by atoms with Gasteiger partial charge in [0.2, 0.25) is 11.8 Å². The summed E-state index contributed by atoms with van der Waals surface area (Å²) in [6, 6.07) is 0. The first-order valence-electron chi connectivity index (χ1n) is 11.0. The van der Waals surface area contributed by atoms with Crippen LogP contribution < -0.4 is 5.73 Å². The Morgan fingerprint density at radius 1 is 0.821 bits per heavy atom. The molecule has 168 valence electrons. The van der Waals surface area contributed by atoms with Crippen LogP contribution in [0.4, 0.5) is 0 Å². The first-order valence-corrected chi connectivity index (χ1v) is 11.0. The van der Waals surface area contributed by atoms with Crippen molar-refractivity contribution < 1.29 is 9.59 Å². The summed E-state index contributed by atoms with van der Waals surface area (Å²) in [5.41, 5.74) is 5.06. The second-order valence-electron chi connectivity index (χ2n) is 6.96. The molecule has 2 fully saturated rings. The van der Waals surface area contributed by atoms with Crippen molar-refractivity contribution in [1.82, 2.24) is 19.6 Å². The number of amides is 2. The summed E-state index contributed by atoms with van der Waals surface area (Å²) < 4.78 is 0. The van der Waals surface area contributed by atoms with Crippen molar-refractivity contribution in [2.24, 2.45) is 11.7 Å². The lowest BCUT2D eigenvalue weighted by Gasteiger charge is -2.34. The fourth-order valence-corrected chi connectivity index (χ4v) is 2.88. The molecule has 0 radical (unpaired) electrons. The van der Waals surface area contributed by atoms with E-state index in [0.717, 1.165) is 58.9 Å². The second kappa shape index (κ2) is 17.9. The van der Waals surface area contributed by atoms with E-state index in [4.69, 9.17) is 5.73 Å². The minimum Gasteiger partial charge on any atom is -0.369 e. The van der Waals surface area contributed by atoms with E-state index < -0.39 is 0 Å². The van der Waals surface area contributed by atoms with Crippen molar-refractivity contribution in [1.29, 1.82) is 0 Å². The summed E-state index contributed by atoms with van der Waals surface area (Å²) in [5.74, 6) is 0.221. The fourth-order valence-electron chi connectivity index (χ4n) is 2.88. The maximum absolute atomic E-state index is 11.6. The van der Waals surface area contributed by atoms with E-state index in [9.17, 15) is 9.59 Å². The molecular weight excluding hydrogens is 354 g/mol. The Kier molecular flexibility index (Phi) is 18.5. The van der Waals surface area contributed by atoms with Gasteiger partial charge in [-0.2, -0.15) is 0 Å². The lowest BCUT2D eigenvalue weighted by molar-refractivity contribution is -0.136. The van der Waals surface area contributed by atoms with E-state index in [0.29, 0.717) is 12.5 Å². The van der Waals surface area contributed by atoms with E-state index in [1.165, 1.54) is 0 Å². The molecule has 0 aromatic heterocycles. The Bertz CT molecular complexity index is 388. The third-order valence-electron chi connectivity index (χ3n) is 4.60. The molecule has 2 aliphatic heterocycles. The molecule has 0 atom stereocenters. The molecule has 0 saturated carbocycles. The molecule has 0 aromatic rings. The topological polar surface area (TPSA) is 73.1 Å². The highest BCUT2D eigenvalue weighted by Crippen LogP contribution is 2.06. The summed E-state index contributed by atoms with van der Waals surface area (Å²) >= 11 is 0. The van der Waals surface area contributed by atoms with Gasteiger partial charge in [-0.25, -0.2) is 0 Å². The maximum Gasteiger partial charge on any atom is 0.231 e. The van der Waals surface area contributed by atoms with Crippen LogP contribution in [0.15, 0.2) is 0 Å². The molecule has 7 nitrogen and oxygen atoms in total. The van der Waals surface area contributed by atoms with Crippen LogP contribution in [0.5, 0.6) is 0 Å². The van der Waals surface area contributed by atoms with Crippen LogP contribution in [0.25, 0.3) is 0 Å². The third kappa shape index (κ3) is 13.1. The minimum atomic E-state index is -0.227. The number of carbonyl (C=O) groups excluding carboxylic acids is 2. The van der Waals surface area contributed by atoms with Crippen LogP contribution in [-0.4, -0.2) is 104 Å². The summed E-state index contributed by atoms with van der Waals surface area (Å²) in [6.07, 6.45) is 0. The van der Waals surface area contributed by atoms with Crippen molar-refractivity contribution in [3.8, 4) is 0 Å². The van der Waals surface area contributed by atoms with Crippen molar-refractivity contribution >= 4 is 11.8 Å². The number of carbonyl (C=O) groups is 2. The fraction of sp³-hybridized carbons (Fsp3) is 0.905. The van der Waals surface area contributed by atoms with Gasteiger partial charge in [-0.15, -0.1) is 0 Å². The minimum absolute atomic E-state index is 0.146. The number of nitrogens with two attached hydrogens (primary N) is 1. The monoisotopic (exact) mass is 401 g/mol. The number of hydrogen-bond donors (Lipinski definition) is 1. The standard InChI is InChI=1S/C10H20N2O.C7H15N3O.2C2H6/c1-4-11-5-7-12(8-6-11)10(13)9(2)3;1-9-2-4-10(5-3-9)6-7(8)11;2*1-2/h9H,4-8H2,1-3H3;2-6H2,1H3,(H2,8,11);2*1-2H3. The third-order valence-corrected chi connectivity index (χ3v) is 4.60. The Hall–Kier alpha value is -1.18. The Morgan fingerprint density at radius 3 is 1.61 bits per heavy atom. The normalized spacial score (nSPS) is 18.1. The number of likely N-dealkylation sites (N-methyl/N-ethyl adjacent to an activating group) is 2. The molecule has 2 heterocycles. The van der Waals surface area contributed by atoms with Gasteiger partial charge in [-0.1, -0.05) is 48.5 Å². The van der Waals surface area contributed by atoms with Crippen molar-refractivity contribution in [3.63, 3.8) is 0 Å². The Morgan fingerprint density at radius 2 is 1.25 bits per heavy atom. The summed E-state index contributed by atoms with van der Waals surface area (Å²) in [5, 5.41) is 0. The first kappa shape index (κ1) is 29.0. The molecular formula is C21H47N5O2. The number of piperazine rings is 2. The predicted molar refractivity (Wildman–Crippen MR) is 119 cm³/mol. The second-order valence-corrected chi connectivity index (χ2v) is 6.96. The smallest absolute Gasteiger partial charge is 0.231 e. The van der Waals surface area contributed by atoms with Gasteiger partial charge in [0, 0.05) is 58.3 Å². The first-order chi connectivity index (χ1) is 13.3. The molecule has 2 saturated heterocycles. The molecule has 0 bridgehead atoms. The molecule has 28 heavy (non-hydrogen) atoms. The van der Waals surface area contributed by atoms with E-state index in [1.807, 2.05) is 46.4 Å². The summed E-state index contributed by atoms with van der Waals surface area (Å²) in [6.45, 7) is 23.5. The van der Waals surface area contributed by atoms with Crippen molar-refractivity contribution in [2.75, 3.05) is 72.5 Å². The summed E-state index contributed by atoms with van der Waals surface area (Å²) in [4.78, 5) is 30.8. The number of rotatable bonds is 4. The number of nitrogens with zero attached hydrogens (tertiary/aromatic N) is 4. The zero-order valence-corrected chi connectivity index (χ0v) is 19.8. The van der Waals surface area contributed by atoms with E-state index >= 15 is 0 Å². The van der Waals surface area contributed by atoms with Crippen LogP contribution in [0, 0.1) is 5.92 Å². The van der Waals surface area contributed by atoms with Crippen LogP contribution in [0.3, 0.4) is 0 Å². The molecule has 7 heteroatoms. The zero-order valence-electron chi connectivity index (χ0n) is 19.8. The predicted octanol–water partition coefficient (Wildman–Crippen LogP) is 1.58. The van der Waals surface area contributed by atoms with Crippen molar-refractivity contribution in [2.45, 2.75) is 48.5 Å². The van der Waals surface area contributed by atoms with Crippen LogP contribution >= 0.6 is 0 Å². The molecule has 2 N–H and O–H groups in total. The molecule has 2 aliphatic rings. The van der Waals surface area contributed by atoms with Crippen molar-refractivity contribution in [3.05, 3.63) is 0 Å². The number of hydrogen-bond acceptors (Lipinski definition) is 5. The van der Waals surface area contributed by atoms with Gasteiger partial charge >= 0.3 is 0 Å². The lowest BCUT2D eigenvalue weighted by atomic mass is 10.1. The van der Waals surface area contributed by atoms with Gasteiger partial charge in [0.25, 0.3) is 0 Å². The molecule has 0 aromatic carbocycles. The molecule has 2 rings (SSSR count). The van der Waals surface area contributed by atoms with Crippen LogP contribution in [0.1, 0.15) is 48.5 Å². The average molecular weight is 402 g/mol. The highest BCUT2D eigenvalue weighted by Gasteiger charge is 2.21. The van der Waals surface area contributed by atoms with Gasteiger partial charge in [0.15, 0.2) is 0 Å². The van der Waals surface area contributed by atoms with Gasteiger partial charge in [0.05, 0.1) is 6.54 Å². The van der Waals surface area contributed by atoms with E-state index in [2.05, 4.69) is 28.7 Å². The summed E-state index contributed by atoms with van der Waals surface area (Å²) in [7, 11) is 2.08. The zero-order chi connectivity index (χ0) is 22.1. The quantitative estimate of drug-likeness (QED) is 0.774. The maximum atomic E-state index is 11.6. The molecule has 0 spiro atoms. The highest BCUT2D eigenvalue weighted by molar-refractivity contribution is 5.78. The molecule has 0 aliphatic carbocycles. The van der Waals surface area contributed by atoms with Gasteiger partial charge < -0.3 is 20.4 Å². The Labute approximate surface area is 174 Å². The molecule has 2 amide bonds. The van der Waals surface area contributed by atoms with Gasteiger partial charge in [0.1, 0.15) is 0 Å². The van der Waals surface area contributed by atoms with Crippen LogP contribution in [-0.2, 0) is 9.59 Å². The largest absolute Gasteiger partial charge is 0.369 e. The number of primary amides is 1. The lowest BCUT2D eigenvalue weighted by Crippen LogP contribution is -2.49. The van der Waals surface area contributed by atoms with E-state index in [-0.39, 0.29) is 11.8 Å². The SMILES string of the molecule is CC.CC.CCN1CCN(C(=O)C(C)C)CC1.CN1CCN(CC(N)=O)CC1. The molecule has 0 unspecified atom stereocenters. The van der Waals surface area contributed by atoms with Gasteiger partial charge in [-0.05, 0) is 13.6 Å². The van der Waals surface area contributed by atoms with Crippen LogP contribution in [0.2, 0.25) is 0 Å². The average Bonchev–Trinajstić information content (AvgIpc) is 2.72. The highest BCUT2D eigenvalue weighted by atomic mass is 16.2. The van der Waals surface area contributed by atoms with Gasteiger partial charge in [-0.3, -0.25) is 14.5 Å². The van der Waals surface area contributed by atoms with E-state index in [1.54, 1.807) is 0 Å².